The van der Waals surface area contributed by atoms with Crippen molar-refractivity contribution in [2.45, 2.75) is 32.9 Å². The van der Waals surface area contributed by atoms with Gasteiger partial charge in [-0.05, 0) is 48.8 Å². The van der Waals surface area contributed by atoms with Crippen LogP contribution in [0, 0.1) is 0 Å². The fourth-order valence-corrected chi connectivity index (χ4v) is 1.73. The van der Waals surface area contributed by atoms with Crippen molar-refractivity contribution in [3.63, 3.8) is 0 Å². The number of ether oxygens (including phenoxy) is 1. The fourth-order valence-electron chi connectivity index (χ4n) is 1.41. The maximum Gasteiger partial charge on any atom is 0.169 e. The van der Waals surface area contributed by atoms with Gasteiger partial charge in [-0.2, -0.15) is 0 Å². The van der Waals surface area contributed by atoms with Gasteiger partial charge in [-0.1, -0.05) is 0 Å². The second-order valence-corrected chi connectivity index (χ2v) is 4.37. The lowest BCUT2D eigenvalue weighted by Gasteiger charge is -2.18. The summed E-state index contributed by atoms with van der Waals surface area (Å²) < 4.78 is 11.6. The highest BCUT2D eigenvalue weighted by Crippen LogP contribution is 2.20. The minimum Gasteiger partial charge on any atom is -0.453 e. The highest BCUT2D eigenvalue weighted by molar-refractivity contribution is 9.10. The fraction of sp³-hybridized carbons (Fsp3) is 0.636. The average molecular weight is 276 g/mol. The molecule has 1 rings (SSSR count). The van der Waals surface area contributed by atoms with E-state index in [4.69, 9.17) is 9.15 Å². The van der Waals surface area contributed by atoms with E-state index in [0.29, 0.717) is 6.04 Å². The predicted molar refractivity (Wildman–Crippen MR) is 63.9 cm³/mol. The molecule has 2 atom stereocenters. The van der Waals surface area contributed by atoms with Crippen molar-refractivity contribution in [3.05, 3.63) is 22.6 Å². The minimum absolute atomic E-state index is 0.201. The van der Waals surface area contributed by atoms with Crippen molar-refractivity contribution in [1.29, 1.82) is 0 Å². The van der Waals surface area contributed by atoms with Crippen molar-refractivity contribution in [2.24, 2.45) is 0 Å². The van der Waals surface area contributed by atoms with Gasteiger partial charge in [-0.3, -0.25) is 0 Å². The van der Waals surface area contributed by atoms with Gasteiger partial charge in [0.05, 0.1) is 12.6 Å². The van der Waals surface area contributed by atoms with Crippen molar-refractivity contribution >= 4 is 15.9 Å². The first kappa shape index (κ1) is 12.7. The monoisotopic (exact) mass is 275 g/mol. The zero-order valence-corrected chi connectivity index (χ0v) is 11.0. The van der Waals surface area contributed by atoms with Crippen LogP contribution in [-0.2, 0) is 4.74 Å². The van der Waals surface area contributed by atoms with Gasteiger partial charge in [0.25, 0.3) is 0 Å². The van der Waals surface area contributed by atoms with E-state index in [1.807, 2.05) is 19.1 Å². The lowest BCUT2D eigenvalue weighted by atomic mass is 10.2. The van der Waals surface area contributed by atoms with Crippen LogP contribution in [0.15, 0.2) is 21.2 Å². The molecule has 0 aliphatic carbocycles. The first-order valence-corrected chi connectivity index (χ1v) is 6.01. The number of nitrogens with one attached hydrogen (secondary N) is 1. The second-order valence-electron chi connectivity index (χ2n) is 3.59. The Morgan fingerprint density at radius 1 is 1.47 bits per heavy atom. The number of rotatable bonds is 6. The molecule has 0 aliphatic heterocycles. The van der Waals surface area contributed by atoms with Gasteiger partial charge in [-0.15, -0.1) is 0 Å². The summed E-state index contributed by atoms with van der Waals surface area (Å²) >= 11 is 3.29. The van der Waals surface area contributed by atoms with E-state index in [2.05, 4.69) is 35.1 Å². The van der Waals surface area contributed by atoms with E-state index in [-0.39, 0.29) is 6.04 Å². The van der Waals surface area contributed by atoms with Crippen LogP contribution in [0.5, 0.6) is 0 Å². The lowest BCUT2D eigenvalue weighted by Crippen LogP contribution is -2.32. The van der Waals surface area contributed by atoms with Crippen LogP contribution in [-0.4, -0.2) is 19.3 Å². The Bertz CT molecular complexity index is 288. The summed E-state index contributed by atoms with van der Waals surface area (Å²) in [5.41, 5.74) is 0. The molecule has 4 heteroatoms. The van der Waals surface area contributed by atoms with Gasteiger partial charge in [0, 0.05) is 12.6 Å². The number of furan rings is 1. The summed E-state index contributed by atoms with van der Waals surface area (Å²) in [7, 11) is 0. The second kappa shape index (κ2) is 6.30. The molecule has 0 aliphatic rings. The van der Waals surface area contributed by atoms with E-state index in [1.54, 1.807) is 0 Å². The summed E-state index contributed by atoms with van der Waals surface area (Å²) in [6, 6.07) is 4.39. The smallest absolute Gasteiger partial charge is 0.169 e. The van der Waals surface area contributed by atoms with Crippen LogP contribution in [0.3, 0.4) is 0 Å². The van der Waals surface area contributed by atoms with Gasteiger partial charge >= 0.3 is 0 Å². The molecule has 1 aromatic heterocycles. The Hall–Kier alpha value is -0.320. The van der Waals surface area contributed by atoms with Gasteiger partial charge < -0.3 is 14.5 Å². The average Bonchev–Trinajstić information content (AvgIpc) is 2.61. The zero-order chi connectivity index (χ0) is 11.3. The molecule has 3 nitrogen and oxygen atoms in total. The molecule has 0 fully saturated rings. The molecular formula is C11H18BrNO2. The van der Waals surface area contributed by atoms with Crippen LogP contribution in [0.1, 0.15) is 32.6 Å². The van der Waals surface area contributed by atoms with E-state index in [0.717, 1.165) is 23.6 Å². The molecule has 1 N–H and O–H groups in total. The standard InChI is InChI=1S/C11H18BrNO2/c1-4-14-7-8(2)13-9(3)10-5-6-11(12)15-10/h5-6,8-9,13H,4,7H2,1-3H3. The van der Waals surface area contributed by atoms with Crippen molar-refractivity contribution in [1.82, 2.24) is 5.32 Å². The Kier molecular flexibility index (Phi) is 5.36. The van der Waals surface area contributed by atoms with Crippen LogP contribution < -0.4 is 5.32 Å². The van der Waals surface area contributed by atoms with E-state index >= 15 is 0 Å². The van der Waals surface area contributed by atoms with Crippen molar-refractivity contribution < 1.29 is 9.15 Å². The Balaban J connectivity index is 2.38. The summed E-state index contributed by atoms with van der Waals surface area (Å²) in [5, 5.41) is 3.40. The molecule has 2 unspecified atom stereocenters. The third-order valence-electron chi connectivity index (χ3n) is 2.13. The Labute approximate surface area is 99.3 Å². The highest BCUT2D eigenvalue weighted by atomic mass is 79.9. The minimum atomic E-state index is 0.201. The Morgan fingerprint density at radius 3 is 2.73 bits per heavy atom. The lowest BCUT2D eigenvalue weighted by molar-refractivity contribution is 0.123. The third-order valence-corrected chi connectivity index (χ3v) is 2.55. The number of hydrogen-bond donors (Lipinski definition) is 1. The van der Waals surface area contributed by atoms with Gasteiger partial charge in [0.1, 0.15) is 5.76 Å². The highest BCUT2D eigenvalue weighted by Gasteiger charge is 2.12. The van der Waals surface area contributed by atoms with Crippen LogP contribution in [0.4, 0.5) is 0 Å². The molecule has 1 aromatic rings. The third kappa shape index (κ3) is 4.36. The molecule has 0 spiro atoms. The molecular weight excluding hydrogens is 258 g/mol. The summed E-state index contributed by atoms with van der Waals surface area (Å²) in [6.07, 6.45) is 0. The molecule has 0 bridgehead atoms. The van der Waals surface area contributed by atoms with Crippen molar-refractivity contribution in [3.8, 4) is 0 Å². The maximum atomic E-state index is 5.46. The predicted octanol–water partition coefficient (Wildman–Crippen LogP) is 3.12. The topological polar surface area (TPSA) is 34.4 Å². The van der Waals surface area contributed by atoms with Gasteiger partial charge in [0.15, 0.2) is 4.67 Å². The SMILES string of the molecule is CCOCC(C)NC(C)c1ccc(Br)o1. The van der Waals surface area contributed by atoms with Crippen molar-refractivity contribution in [2.75, 3.05) is 13.2 Å². The van der Waals surface area contributed by atoms with E-state index < -0.39 is 0 Å². The normalized spacial score (nSPS) is 15.2. The molecule has 0 amide bonds. The first-order chi connectivity index (χ1) is 7.13. The molecule has 15 heavy (non-hydrogen) atoms. The zero-order valence-electron chi connectivity index (χ0n) is 9.42. The summed E-state index contributed by atoms with van der Waals surface area (Å²) in [4.78, 5) is 0. The van der Waals surface area contributed by atoms with Gasteiger partial charge in [-0.25, -0.2) is 0 Å². The number of halogens is 1. The quantitative estimate of drug-likeness (QED) is 0.866. The van der Waals surface area contributed by atoms with E-state index in [9.17, 15) is 0 Å². The van der Waals surface area contributed by atoms with Crippen LogP contribution in [0.2, 0.25) is 0 Å². The molecule has 0 saturated heterocycles. The van der Waals surface area contributed by atoms with E-state index in [1.165, 1.54) is 0 Å². The molecule has 0 saturated carbocycles. The largest absolute Gasteiger partial charge is 0.453 e. The van der Waals surface area contributed by atoms with Gasteiger partial charge in [0.2, 0.25) is 0 Å². The summed E-state index contributed by atoms with van der Waals surface area (Å²) in [6.45, 7) is 7.66. The maximum absolute atomic E-state index is 5.46. The molecule has 0 radical (unpaired) electrons. The Morgan fingerprint density at radius 2 is 2.20 bits per heavy atom. The molecule has 86 valence electrons. The number of hydrogen-bond acceptors (Lipinski definition) is 3. The summed E-state index contributed by atoms with van der Waals surface area (Å²) in [5.74, 6) is 0.935. The van der Waals surface area contributed by atoms with Crippen LogP contribution >= 0.6 is 15.9 Å². The first-order valence-electron chi connectivity index (χ1n) is 5.22. The van der Waals surface area contributed by atoms with Crippen LogP contribution in [0.25, 0.3) is 0 Å². The molecule has 0 aromatic carbocycles. The molecule has 1 heterocycles.